The van der Waals surface area contributed by atoms with Crippen LogP contribution in [0.5, 0.6) is 0 Å². The number of nitriles is 1. The second kappa shape index (κ2) is 4.77. The van der Waals surface area contributed by atoms with Crippen molar-refractivity contribution in [3.63, 3.8) is 0 Å². The second-order valence-electron chi connectivity index (χ2n) is 2.24. The summed E-state index contributed by atoms with van der Waals surface area (Å²) in [7, 11) is 0. The van der Waals surface area contributed by atoms with Gasteiger partial charge in [0.05, 0.1) is 22.5 Å². The van der Waals surface area contributed by atoms with Gasteiger partial charge in [-0.15, -0.1) is 11.6 Å². The van der Waals surface area contributed by atoms with Crippen molar-refractivity contribution in [3.05, 3.63) is 34.3 Å². The molecule has 0 aliphatic rings. The van der Waals surface area contributed by atoms with E-state index in [-0.39, 0.29) is 5.88 Å². The van der Waals surface area contributed by atoms with Crippen LogP contribution in [0.2, 0.25) is 5.02 Å². The van der Waals surface area contributed by atoms with Gasteiger partial charge in [-0.2, -0.15) is 5.26 Å². The molecule has 0 heterocycles. The molecule has 64 valence electrons. The molecule has 1 nitrogen and oxygen atoms in total. The minimum atomic E-state index is 0.257. The molecule has 1 aromatic carbocycles. The van der Waals surface area contributed by atoms with Gasteiger partial charge in [0, 0.05) is 5.56 Å². The molecule has 0 aliphatic heterocycles. The molecule has 0 saturated heterocycles. The lowest BCUT2D eigenvalue weighted by molar-refractivity contribution is 1.48. The average molecular weight is 210 g/mol. The molecule has 0 N–H and O–H groups in total. The van der Waals surface area contributed by atoms with Crippen LogP contribution in [-0.4, -0.2) is 5.88 Å². The Morgan fingerprint density at radius 3 is 2.77 bits per heavy atom. The van der Waals surface area contributed by atoms with Crippen LogP contribution in [0.4, 0.5) is 0 Å². The smallest absolute Gasteiger partial charge is 0.0992 e. The molecule has 0 bridgehead atoms. The van der Waals surface area contributed by atoms with E-state index in [2.05, 4.69) is 11.8 Å². The normalized spacial score (nSPS) is 8.38. The molecule has 0 fully saturated rings. The summed E-state index contributed by atoms with van der Waals surface area (Å²) in [6.07, 6.45) is 0. The Morgan fingerprint density at radius 2 is 2.15 bits per heavy atom. The Kier molecular flexibility index (Phi) is 3.65. The Balaban J connectivity index is 3.13. The van der Waals surface area contributed by atoms with E-state index < -0.39 is 0 Å². The van der Waals surface area contributed by atoms with Crippen LogP contribution in [0.25, 0.3) is 0 Å². The molecule has 0 aliphatic carbocycles. The molecule has 0 atom stereocenters. The van der Waals surface area contributed by atoms with Gasteiger partial charge >= 0.3 is 0 Å². The summed E-state index contributed by atoms with van der Waals surface area (Å²) in [4.78, 5) is 0. The van der Waals surface area contributed by atoms with Gasteiger partial charge in [0.2, 0.25) is 0 Å². The number of benzene rings is 1. The van der Waals surface area contributed by atoms with Crippen molar-refractivity contribution < 1.29 is 0 Å². The van der Waals surface area contributed by atoms with E-state index in [1.165, 1.54) is 0 Å². The second-order valence-corrected chi connectivity index (χ2v) is 2.92. The monoisotopic (exact) mass is 209 g/mol. The lowest BCUT2D eigenvalue weighted by Gasteiger charge is -1.94. The third-order valence-electron chi connectivity index (χ3n) is 1.39. The van der Waals surface area contributed by atoms with Crippen LogP contribution in [0, 0.1) is 23.2 Å². The van der Waals surface area contributed by atoms with E-state index in [0.29, 0.717) is 16.1 Å². The summed E-state index contributed by atoms with van der Waals surface area (Å²) in [5, 5.41) is 9.15. The largest absolute Gasteiger partial charge is 0.192 e. The number of hydrogen-bond donors (Lipinski definition) is 0. The van der Waals surface area contributed by atoms with Gasteiger partial charge in [-0.25, -0.2) is 0 Å². The Hall–Kier alpha value is -1.15. The highest BCUT2D eigenvalue weighted by Gasteiger charge is 1.97. The minimum Gasteiger partial charge on any atom is -0.192 e. The van der Waals surface area contributed by atoms with Crippen molar-refractivity contribution in [1.82, 2.24) is 0 Å². The third kappa shape index (κ3) is 2.67. The molecule has 0 amide bonds. The summed E-state index contributed by atoms with van der Waals surface area (Å²) in [6, 6.07) is 6.95. The van der Waals surface area contributed by atoms with Crippen molar-refractivity contribution in [3.8, 4) is 17.9 Å². The quantitative estimate of drug-likeness (QED) is 0.477. The predicted molar refractivity (Wildman–Crippen MR) is 53.8 cm³/mol. The molecule has 13 heavy (non-hydrogen) atoms. The van der Waals surface area contributed by atoms with Crippen molar-refractivity contribution >= 4 is 23.2 Å². The minimum absolute atomic E-state index is 0.257. The molecular formula is C10H5Cl2N. The fourth-order valence-corrected chi connectivity index (χ4v) is 1.05. The maximum absolute atomic E-state index is 8.61. The predicted octanol–water partition coefficient (Wildman–Crippen LogP) is 2.80. The zero-order chi connectivity index (χ0) is 9.68. The van der Waals surface area contributed by atoms with E-state index in [9.17, 15) is 0 Å². The van der Waals surface area contributed by atoms with Gasteiger partial charge in [-0.05, 0) is 18.2 Å². The van der Waals surface area contributed by atoms with Crippen LogP contribution in [-0.2, 0) is 0 Å². The van der Waals surface area contributed by atoms with Gasteiger partial charge in [0.25, 0.3) is 0 Å². The number of halogens is 2. The highest BCUT2D eigenvalue weighted by molar-refractivity contribution is 6.31. The molecule has 0 aromatic heterocycles. The maximum atomic E-state index is 8.61. The Morgan fingerprint density at radius 1 is 1.38 bits per heavy atom. The van der Waals surface area contributed by atoms with Crippen LogP contribution in [0.15, 0.2) is 18.2 Å². The summed E-state index contributed by atoms with van der Waals surface area (Å²) in [6.45, 7) is 0. The average Bonchev–Trinajstić information content (AvgIpc) is 2.17. The number of rotatable bonds is 0. The van der Waals surface area contributed by atoms with Gasteiger partial charge < -0.3 is 0 Å². The number of alkyl halides is 1. The standard InChI is InChI=1S/C10H5Cl2N/c11-5-1-2-9-6-8(7-13)3-4-10(9)12/h3-4,6H,5H2. The van der Waals surface area contributed by atoms with Crippen LogP contribution < -0.4 is 0 Å². The van der Waals surface area contributed by atoms with Crippen LogP contribution in [0.1, 0.15) is 11.1 Å². The summed E-state index contributed by atoms with van der Waals surface area (Å²) < 4.78 is 0. The summed E-state index contributed by atoms with van der Waals surface area (Å²) in [5.41, 5.74) is 1.18. The topological polar surface area (TPSA) is 23.8 Å². The highest BCUT2D eigenvalue weighted by Crippen LogP contribution is 2.15. The molecule has 0 unspecified atom stereocenters. The zero-order valence-corrected chi connectivity index (χ0v) is 8.15. The first kappa shape index (κ1) is 9.93. The Labute approximate surface area is 86.9 Å². The first-order chi connectivity index (χ1) is 6.27. The van der Waals surface area contributed by atoms with Crippen LogP contribution >= 0.6 is 23.2 Å². The lowest BCUT2D eigenvalue weighted by Crippen LogP contribution is -1.80. The zero-order valence-electron chi connectivity index (χ0n) is 6.64. The molecule has 3 heteroatoms. The summed E-state index contributed by atoms with van der Waals surface area (Å²) in [5.74, 6) is 5.71. The van der Waals surface area contributed by atoms with Crippen molar-refractivity contribution in [2.45, 2.75) is 0 Å². The summed E-state index contributed by atoms with van der Waals surface area (Å²) >= 11 is 11.2. The maximum Gasteiger partial charge on any atom is 0.0992 e. The SMILES string of the molecule is N#Cc1ccc(Cl)c(C#CCCl)c1. The van der Waals surface area contributed by atoms with E-state index in [0.717, 1.165) is 0 Å². The van der Waals surface area contributed by atoms with Crippen LogP contribution in [0.3, 0.4) is 0 Å². The van der Waals surface area contributed by atoms with E-state index in [1.807, 2.05) is 6.07 Å². The molecule has 0 radical (unpaired) electrons. The van der Waals surface area contributed by atoms with Crippen molar-refractivity contribution in [2.24, 2.45) is 0 Å². The first-order valence-corrected chi connectivity index (χ1v) is 4.43. The lowest BCUT2D eigenvalue weighted by atomic mass is 10.1. The molecule has 0 saturated carbocycles. The van der Waals surface area contributed by atoms with Gasteiger partial charge in [-0.1, -0.05) is 23.4 Å². The van der Waals surface area contributed by atoms with Gasteiger partial charge in [-0.3, -0.25) is 0 Å². The van der Waals surface area contributed by atoms with Crippen molar-refractivity contribution in [2.75, 3.05) is 5.88 Å². The first-order valence-electron chi connectivity index (χ1n) is 3.52. The number of nitrogens with zero attached hydrogens (tertiary/aromatic N) is 1. The van der Waals surface area contributed by atoms with Gasteiger partial charge in [0.1, 0.15) is 0 Å². The fourth-order valence-electron chi connectivity index (χ4n) is 0.819. The molecule has 1 rings (SSSR count). The fraction of sp³-hybridized carbons (Fsp3) is 0.100. The third-order valence-corrected chi connectivity index (χ3v) is 1.85. The molecule has 0 spiro atoms. The Bertz CT molecular complexity index is 407. The van der Waals surface area contributed by atoms with E-state index in [1.54, 1.807) is 18.2 Å². The number of hydrogen-bond acceptors (Lipinski definition) is 1. The highest BCUT2D eigenvalue weighted by atomic mass is 35.5. The molecule has 1 aromatic rings. The van der Waals surface area contributed by atoms with Crippen molar-refractivity contribution in [1.29, 1.82) is 5.26 Å². The van der Waals surface area contributed by atoms with E-state index >= 15 is 0 Å². The molecular weight excluding hydrogens is 205 g/mol. The van der Waals surface area contributed by atoms with Gasteiger partial charge in [0.15, 0.2) is 0 Å². The van der Waals surface area contributed by atoms with E-state index in [4.69, 9.17) is 28.5 Å².